The highest BCUT2D eigenvalue weighted by Crippen LogP contribution is 2.21. The minimum atomic E-state index is -0.0190. The Hall–Kier alpha value is -1.39. The first-order chi connectivity index (χ1) is 8.68. The predicted octanol–water partition coefficient (Wildman–Crippen LogP) is 1.54. The zero-order valence-electron chi connectivity index (χ0n) is 10.9. The molecule has 4 nitrogen and oxygen atoms in total. The van der Waals surface area contributed by atoms with Gasteiger partial charge in [-0.2, -0.15) is 0 Å². The van der Waals surface area contributed by atoms with Crippen LogP contribution in [0.15, 0.2) is 30.3 Å². The number of hydrogen-bond donors (Lipinski definition) is 1. The van der Waals surface area contributed by atoms with Gasteiger partial charge in [0.1, 0.15) is 6.17 Å². The first-order valence-corrected chi connectivity index (χ1v) is 6.38. The fraction of sp³-hybridized carbons (Fsp3) is 0.500. The lowest BCUT2D eigenvalue weighted by atomic mass is 10.1. The van der Waals surface area contributed by atoms with E-state index in [0.717, 1.165) is 5.56 Å². The lowest BCUT2D eigenvalue weighted by Crippen LogP contribution is -2.33. The van der Waals surface area contributed by atoms with Crippen molar-refractivity contribution in [3.05, 3.63) is 35.9 Å². The standard InChI is InChI=1S/C14H20N2O2/c1-11(2)18-9-8-16-13(17)10-15-14(16)12-6-4-3-5-7-12/h3-7,11,14-15H,8-10H2,1-2H3. The summed E-state index contributed by atoms with van der Waals surface area (Å²) in [7, 11) is 0. The van der Waals surface area contributed by atoms with E-state index >= 15 is 0 Å². The van der Waals surface area contributed by atoms with Crippen molar-refractivity contribution in [2.75, 3.05) is 19.7 Å². The van der Waals surface area contributed by atoms with Gasteiger partial charge in [-0.1, -0.05) is 30.3 Å². The molecule has 1 amide bonds. The van der Waals surface area contributed by atoms with Crippen molar-refractivity contribution in [2.24, 2.45) is 0 Å². The van der Waals surface area contributed by atoms with Gasteiger partial charge in [-0.25, -0.2) is 0 Å². The van der Waals surface area contributed by atoms with Gasteiger partial charge in [0.25, 0.3) is 0 Å². The van der Waals surface area contributed by atoms with Gasteiger partial charge in [-0.15, -0.1) is 0 Å². The zero-order chi connectivity index (χ0) is 13.0. The molecule has 0 aliphatic carbocycles. The predicted molar refractivity (Wildman–Crippen MR) is 70.0 cm³/mol. The normalized spacial score (nSPS) is 19.8. The van der Waals surface area contributed by atoms with Gasteiger partial charge in [-0.05, 0) is 19.4 Å². The number of hydrogen-bond acceptors (Lipinski definition) is 3. The maximum atomic E-state index is 11.8. The Morgan fingerprint density at radius 3 is 2.78 bits per heavy atom. The van der Waals surface area contributed by atoms with Crippen molar-refractivity contribution >= 4 is 5.91 Å². The highest BCUT2D eigenvalue weighted by atomic mass is 16.5. The van der Waals surface area contributed by atoms with Gasteiger partial charge in [-0.3, -0.25) is 10.1 Å². The maximum Gasteiger partial charge on any atom is 0.238 e. The third-order valence-corrected chi connectivity index (χ3v) is 2.98. The third-order valence-electron chi connectivity index (χ3n) is 2.98. The lowest BCUT2D eigenvalue weighted by molar-refractivity contribution is -0.129. The Labute approximate surface area is 108 Å². The van der Waals surface area contributed by atoms with Crippen molar-refractivity contribution in [2.45, 2.75) is 26.1 Å². The van der Waals surface area contributed by atoms with Gasteiger partial charge in [0.15, 0.2) is 0 Å². The number of amides is 1. The average molecular weight is 248 g/mol. The number of nitrogens with one attached hydrogen (secondary N) is 1. The number of nitrogens with zero attached hydrogens (tertiary/aromatic N) is 1. The van der Waals surface area contributed by atoms with Crippen LogP contribution in [0, 0.1) is 0 Å². The first kappa shape index (κ1) is 13.1. The highest BCUT2D eigenvalue weighted by Gasteiger charge is 2.30. The molecule has 1 atom stereocenters. The van der Waals surface area contributed by atoms with E-state index in [1.54, 1.807) is 0 Å². The molecule has 1 aromatic rings. The fourth-order valence-electron chi connectivity index (χ4n) is 2.11. The topological polar surface area (TPSA) is 41.6 Å². The van der Waals surface area contributed by atoms with Crippen LogP contribution in [0.5, 0.6) is 0 Å². The van der Waals surface area contributed by atoms with Crippen molar-refractivity contribution in [3.8, 4) is 0 Å². The molecular formula is C14H20N2O2. The smallest absolute Gasteiger partial charge is 0.238 e. The Balaban J connectivity index is 1.99. The number of carbonyl (C=O) groups is 1. The molecule has 1 unspecified atom stereocenters. The monoisotopic (exact) mass is 248 g/mol. The second-order valence-corrected chi connectivity index (χ2v) is 4.70. The molecule has 98 valence electrons. The number of ether oxygens (including phenoxy) is 1. The molecule has 0 bridgehead atoms. The SMILES string of the molecule is CC(C)OCCN1C(=O)CNC1c1ccccc1. The molecule has 1 saturated heterocycles. The van der Waals surface area contributed by atoms with Crippen molar-refractivity contribution in [3.63, 3.8) is 0 Å². The largest absolute Gasteiger partial charge is 0.377 e. The minimum Gasteiger partial charge on any atom is -0.377 e. The summed E-state index contributed by atoms with van der Waals surface area (Å²) in [5.41, 5.74) is 1.12. The van der Waals surface area contributed by atoms with E-state index in [4.69, 9.17) is 4.74 Å². The summed E-state index contributed by atoms with van der Waals surface area (Å²) in [6.07, 6.45) is 0.181. The Bertz CT molecular complexity index is 392. The molecule has 1 heterocycles. The van der Waals surface area contributed by atoms with E-state index in [-0.39, 0.29) is 18.2 Å². The summed E-state index contributed by atoms with van der Waals surface area (Å²) in [6, 6.07) is 10.0. The quantitative estimate of drug-likeness (QED) is 0.859. The molecule has 0 radical (unpaired) electrons. The van der Waals surface area contributed by atoms with Crippen LogP contribution < -0.4 is 5.32 Å². The van der Waals surface area contributed by atoms with Crippen LogP contribution in [-0.4, -0.2) is 36.6 Å². The van der Waals surface area contributed by atoms with Crippen LogP contribution in [0.25, 0.3) is 0 Å². The molecule has 1 aromatic carbocycles. The molecule has 1 aliphatic heterocycles. The van der Waals surface area contributed by atoms with Crippen molar-refractivity contribution < 1.29 is 9.53 Å². The van der Waals surface area contributed by atoms with Gasteiger partial charge >= 0.3 is 0 Å². The maximum absolute atomic E-state index is 11.8. The molecule has 0 spiro atoms. The molecule has 0 aromatic heterocycles. The molecule has 18 heavy (non-hydrogen) atoms. The van der Waals surface area contributed by atoms with Crippen LogP contribution in [0.2, 0.25) is 0 Å². The van der Waals surface area contributed by atoms with Gasteiger partial charge in [0, 0.05) is 6.54 Å². The van der Waals surface area contributed by atoms with Crippen LogP contribution >= 0.6 is 0 Å². The molecule has 4 heteroatoms. The summed E-state index contributed by atoms with van der Waals surface area (Å²) in [5.74, 6) is 0.135. The average Bonchev–Trinajstić information content (AvgIpc) is 2.72. The fourth-order valence-corrected chi connectivity index (χ4v) is 2.11. The molecule has 1 aliphatic rings. The summed E-state index contributed by atoms with van der Waals surface area (Å²) in [4.78, 5) is 13.7. The van der Waals surface area contributed by atoms with E-state index in [1.165, 1.54) is 0 Å². The summed E-state index contributed by atoms with van der Waals surface area (Å²) < 4.78 is 5.51. The van der Waals surface area contributed by atoms with E-state index in [1.807, 2.05) is 49.1 Å². The summed E-state index contributed by atoms with van der Waals surface area (Å²) in [6.45, 7) is 5.61. The van der Waals surface area contributed by atoms with Crippen LogP contribution in [0.4, 0.5) is 0 Å². The van der Waals surface area contributed by atoms with Crippen LogP contribution in [0.1, 0.15) is 25.6 Å². The third kappa shape index (κ3) is 3.09. The molecule has 0 saturated carbocycles. The van der Waals surface area contributed by atoms with Gasteiger partial charge in [0.2, 0.25) is 5.91 Å². The molecule has 1 N–H and O–H groups in total. The number of benzene rings is 1. The summed E-state index contributed by atoms with van der Waals surface area (Å²) >= 11 is 0. The minimum absolute atomic E-state index is 0.0190. The Kier molecular flexibility index (Phi) is 4.33. The van der Waals surface area contributed by atoms with Crippen LogP contribution in [-0.2, 0) is 9.53 Å². The Morgan fingerprint density at radius 1 is 1.39 bits per heavy atom. The Morgan fingerprint density at radius 2 is 2.11 bits per heavy atom. The van der Waals surface area contributed by atoms with Crippen molar-refractivity contribution in [1.82, 2.24) is 10.2 Å². The van der Waals surface area contributed by atoms with E-state index in [2.05, 4.69) is 5.32 Å². The van der Waals surface area contributed by atoms with E-state index in [0.29, 0.717) is 19.7 Å². The second-order valence-electron chi connectivity index (χ2n) is 4.70. The zero-order valence-corrected chi connectivity index (χ0v) is 10.9. The molecule has 1 fully saturated rings. The van der Waals surface area contributed by atoms with E-state index in [9.17, 15) is 4.79 Å². The van der Waals surface area contributed by atoms with Gasteiger partial charge < -0.3 is 9.64 Å². The first-order valence-electron chi connectivity index (χ1n) is 6.38. The number of rotatable bonds is 5. The van der Waals surface area contributed by atoms with E-state index < -0.39 is 0 Å². The second kappa shape index (κ2) is 5.98. The van der Waals surface area contributed by atoms with Crippen molar-refractivity contribution in [1.29, 1.82) is 0 Å². The lowest BCUT2D eigenvalue weighted by Gasteiger charge is -2.25. The highest BCUT2D eigenvalue weighted by molar-refractivity contribution is 5.80. The van der Waals surface area contributed by atoms with Gasteiger partial charge in [0.05, 0.1) is 19.3 Å². The molecule has 2 rings (SSSR count). The molecular weight excluding hydrogens is 228 g/mol. The van der Waals surface area contributed by atoms with Crippen LogP contribution in [0.3, 0.4) is 0 Å². The number of carbonyl (C=O) groups excluding carboxylic acids is 1. The summed E-state index contributed by atoms with van der Waals surface area (Å²) in [5, 5.41) is 3.23.